The molecule has 6 heteroatoms. The molecule has 1 aromatic carbocycles. The number of pyridine rings is 1. The van der Waals surface area contributed by atoms with Crippen LogP contribution in [-0.4, -0.2) is 10.9 Å². The van der Waals surface area contributed by atoms with E-state index in [0.29, 0.717) is 22.5 Å². The minimum atomic E-state index is -0.396. The third-order valence-electron chi connectivity index (χ3n) is 2.48. The number of nitrogen functional groups attached to an aromatic ring is 1. The molecule has 19 heavy (non-hydrogen) atoms. The summed E-state index contributed by atoms with van der Waals surface area (Å²) < 4.78 is 0. The van der Waals surface area contributed by atoms with E-state index in [9.17, 15) is 9.59 Å². The second-order valence-electron chi connectivity index (χ2n) is 3.81. The summed E-state index contributed by atoms with van der Waals surface area (Å²) in [5.41, 5.74) is 6.88. The van der Waals surface area contributed by atoms with Crippen LogP contribution in [0.1, 0.15) is 15.9 Å². The van der Waals surface area contributed by atoms with E-state index in [1.165, 1.54) is 24.4 Å². The number of H-pyrrole nitrogens is 1. The normalized spacial score (nSPS) is 9.63. The van der Waals surface area contributed by atoms with Gasteiger partial charge in [0.15, 0.2) is 0 Å². The van der Waals surface area contributed by atoms with Crippen molar-refractivity contribution in [2.24, 2.45) is 0 Å². The van der Waals surface area contributed by atoms with Crippen molar-refractivity contribution in [3.05, 3.63) is 58.0 Å². The minimum absolute atomic E-state index is 0.283. The summed E-state index contributed by atoms with van der Waals surface area (Å²) in [5, 5.41) is 11.3. The van der Waals surface area contributed by atoms with Gasteiger partial charge >= 0.3 is 0 Å². The molecule has 0 aliphatic rings. The molecule has 0 atom stereocenters. The third-order valence-corrected chi connectivity index (χ3v) is 2.48. The van der Waals surface area contributed by atoms with Gasteiger partial charge in [-0.2, -0.15) is 5.26 Å². The second kappa shape index (κ2) is 5.06. The van der Waals surface area contributed by atoms with Crippen LogP contribution in [0.2, 0.25) is 0 Å². The summed E-state index contributed by atoms with van der Waals surface area (Å²) in [6, 6.07) is 9.21. The summed E-state index contributed by atoms with van der Waals surface area (Å²) in [5.74, 6) is -0.396. The van der Waals surface area contributed by atoms with Gasteiger partial charge in [0, 0.05) is 12.3 Å². The van der Waals surface area contributed by atoms with Crippen LogP contribution in [0.4, 0.5) is 11.4 Å². The molecule has 0 unspecified atom stereocenters. The molecule has 0 bridgehead atoms. The van der Waals surface area contributed by atoms with Crippen LogP contribution in [-0.2, 0) is 0 Å². The molecule has 1 heterocycles. The van der Waals surface area contributed by atoms with Gasteiger partial charge in [0.25, 0.3) is 5.91 Å². The van der Waals surface area contributed by atoms with E-state index in [-0.39, 0.29) is 5.56 Å². The molecule has 0 saturated carbocycles. The first kappa shape index (κ1) is 12.4. The van der Waals surface area contributed by atoms with Crippen LogP contribution in [0, 0.1) is 11.3 Å². The van der Waals surface area contributed by atoms with Crippen LogP contribution < -0.4 is 16.6 Å². The van der Waals surface area contributed by atoms with Gasteiger partial charge in [0.1, 0.15) is 0 Å². The number of carbonyl (C=O) groups is 1. The van der Waals surface area contributed by atoms with E-state index in [0.717, 1.165) is 0 Å². The first-order valence-corrected chi connectivity index (χ1v) is 5.40. The zero-order valence-corrected chi connectivity index (χ0v) is 9.81. The Morgan fingerprint density at radius 2 is 2.11 bits per heavy atom. The number of amides is 1. The minimum Gasteiger partial charge on any atom is -0.397 e. The topological polar surface area (TPSA) is 112 Å². The van der Waals surface area contributed by atoms with Gasteiger partial charge in [-0.1, -0.05) is 0 Å². The van der Waals surface area contributed by atoms with Crippen molar-refractivity contribution >= 4 is 17.3 Å². The van der Waals surface area contributed by atoms with E-state index in [4.69, 9.17) is 11.0 Å². The lowest BCUT2D eigenvalue weighted by Crippen LogP contribution is -2.15. The van der Waals surface area contributed by atoms with E-state index < -0.39 is 5.91 Å². The quantitative estimate of drug-likeness (QED) is 0.696. The molecule has 1 amide bonds. The SMILES string of the molecule is N#Cc1ccc(NC(=O)c2ccc(=O)[nH]c2)c(N)c1. The number of anilines is 2. The third kappa shape index (κ3) is 2.79. The predicted octanol–water partition coefficient (Wildman–Crippen LogP) is 1.08. The fourth-order valence-corrected chi connectivity index (χ4v) is 1.49. The molecular weight excluding hydrogens is 244 g/mol. The molecular formula is C13H10N4O2. The highest BCUT2D eigenvalue weighted by Crippen LogP contribution is 2.20. The number of hydrogen-bond acceptors (Lipinski definition) is 4. The lowest BCUT2D eigenvalue weighted by Gasteiger charge is -2.08. The van der Waals surface area contributed by atoms with Gasteiger partial charge in [-0.05, 0) is 24.3 Å². The van der Waals surface area contributed by atoms with Crippen molar-refractivity contribution in [2.45, 2.75) is 0 Å². The van der Waals surface area contributed by atoms with Crippen molar-refractivity contribution in [1.82, 2.24) is 4.98 Å². The van der Waals surface area contributed by atoms with Crippen LogP contribution in [0.25, 0.3) is 0 Å². The lowest BCUT2D eigenvalue weighted by molar-refractivity contribution is 0.102. The smallest absolute Gasteiger partial charge is 0.257 e. The van der Waals surface area contributed by atoms with Gasteiger partial charge in [-0.15, -0.1) is 0 Å². The molecule has 2 aromatic rings. The maximum atomic E-state index is 11.9. The number of hydrogen-bond donors (Lipinski definition) is 3. The summed E-state index contributed by atoms with van der Waals surface area (Å²) in [7, 11) is 0. The number of nitrogens with zero attached hydrogens (tertiary/aromatic N) is 1. The number of carbonyl (C=O) groups excluding carboxylic acids is 1. The largest absolute Gasteiger partial charge is 0.397 e. The van der Waals surface area contributed by atoms with E-state index in [1.54, 1.807) is 12.1 Å². The molecule has 94 valence electrons. The fourth-order valence-electron chi connectivity index (χ4n) is 1.49. The summed E-state index contributed by atoms with van der Waals surface area (Å²) in [6.45, 7) is 0. The average Bonchev–Trinajstić information content (AvgIpc) is 2.41. The Kier molecular flexibility index (Phi) is 3.30. The van der Waals surface area contributed by atoms with Crippen molar-refractivity contribution < 1.29 is 4.79 Å². The van der Waals surface area contributed by atoms with Crippen molar-refractivity contribution in [1.29, 1.82) is 5.26 Å². The molecule has 0 spiro atoms. The van der Waals surface area contributed by atoms with Crippen LogP contribution in [0.3, 0.4) is 0 Å². The van der Waals surface area contributed by atoms with Gasteiger partial charge in [-0.25, -0.2) is 0 Å². The summed E-state index contributed by atoms with van der Waals surface area (Å²) >= 11 is 0. The average molecular weight is 254 g/mol. The molecule has 0 fully saturated rings. The van der Waals surface area contributed by atoms with Gasteiger partial charge in [0.05, 0.1) is 28.6 Å². The fraction of sp³-hybridized carbons (Fsp3) is 0. The zero-order chi connectivity index (χ0) is 13.8. The first-order chi connectivity index (χ1) is 9.10. The summed E-state index contributed by atoms with van der Waals surface area (Å²) in [6.07, 6.45) is 1.32. The molecule has 0 radical (unpaired) electrons. The monoisotopic (exact) mass is 254 g/mol. The Morgan fingerprint density at radius 1 is 1.32 bits per heavy atom. The van der Waals surface area contributed by atoms with Crippen molar-refractivity contribution in [2.75, 3.05) is 11.1 Å². The van der Waals surface area contributed by atoms with Crippen LogP contribution in [0.15, 0.2) is 41.3 Å². The second-order valence-corrected chi connectivity index (χ2v) is 3.81. The Labute approximate surface area is 108 Å². The molecule has 2 rings (SSSR count). The number of aromatic nitrogens is 1. The zero-order valence-electron chi connectivity index (χ0n) is 9.81. The van der Waals surface area contributed by atoms with Gasteiger partial charge < -0.3 is 16.0 Å². The Bertz CT molecular complexity index is 708. The molecule has 6 nitrogen and oxygen atoms in total. The van der Waals surface area contributed by atoms with Crippen LogP contribution >= 0.6 is 0 Å². The maximum Gasteiger partial charge on any atom is 0.257 e. The highest BCUT2D eigenvalue weighted by molar-refractivity contribution is 6.05. The number of nitrogens with two attached hydrogens (primary N) is 1. The molecule has 4 N–H and O–H groups in total. The maximum absolute atomic E-state index is 11.9. The van der Waals surface area contributed by atoms with E-state index >= 15 is 0 Å². The first-order valence-electron chi connectivity index (χ1n) is 5.40. The Balaban J connectivity index is 2.22. The molecule has 0 saturated heterocycles. The molecule has 0 aliphatic carbocycles. The lowest BCUT2D eigenvalue weighted by atomic mass is 10.2. The highest BCUT2D eigenvalue weighted by atomic mass is 16.1. The van der Waals surface area contributed by atoms with Crippen molar-refractivity contribution in [3.8, 4) is 6.07 Å². The molecule has 0 aliphatic heterocycles. The van der Waals surface area contributed by atoms with E-state index in [1.807, 2.05) is 6.07 Å². The Hall–Kier alpha value is -3.07. The number of aromatic amines is 1. The Morgan fingerprint density at radius 3 is 2.68 bits per heavy atom. The van der Waals surface area contributed by atoms with Crippen molar-refractivity contribution in [3.63, 3.8) is 0 Å². The standard InChI is InChI=1S/C13H10N4O2/c14-6-8-1-3-11(10(15)5-8)17-13(19)9-2-4-12(18)16-7-9/h1-5,7H,15H2,(H,16,18)(H,17,19). The number of nitrogens with one attached hydrogen (secondary N) is 2. The van der Waals surface area contributed by atoms with Crippen LogP contribution in [0.5, 0.6) is 0 Å². The predicted molar refractivity (Wildman–Crippen MR) is 70.6 cm³/mol. The molecule has 1 aromatic heterocycles. The van der Waals surface area contributed by atoms with E-state index in [2.05, 4.69) is 10.3 Å². The number of nitriles is 1. The number of benzene rings is 1. The number of rotatable bonds is 2. The summed E-state index contributed by atoms with van der Waals surface area (Å²) in [4.78, 5) is 25.2. The highest BCUT2D eigenvalue weighted by Gasteiger charge is 2.08. The van der Waals surface area contributed by atoms with Gasteiger partial charge in [-0.3, -0.25) is 9.59 Å². The van der Waals surface area contributed by atoms with Gasteiger partial charge in [0.2, 0.25) is 5.56 Å².